The highest BCUT2D eigenvalue weighted by molar-refractivity contribution is 5.69. The van der Waals surface area contributed by atoms with Gasteiger partial charge in [0.1, 0.15) is 0 Å². The van der Waals surface area contributed by atoms with Gasteiger partial charge >= 0.3 is 5.97 Å². The highest BCUT2D eigenvalue weighted by atomic mass is 16.5. The Morgan fingerprint density at radius 3 is 1.68 bits per heavy atom. The van der Waals surface area contributed by atoms with Crippen LogP contribution in [0.2, 0.25) is 0 Å². The summed E-state index contributed by atoms with van der Waals surface area (Å²) in [7, 11) is 0. The van der Waals surface area contributed by atoms with Gasteiger partial charge in [-0.25, -0.2) is 0 Å². The summed E-state index contributed by atoms with van der Waals surface area (Å²) in [5.74, 6) is -0.0748. The number of unbranched alkanes of at least 4 members (excludes halogenated alkanes) is 1. The fourth-order valence-corrected chi connectivity index (χ4v) is 2.02. The molecule has 0 fully saturated rings. The average Bonchev–Trinajstić information content (AvgIpc) is 2.62. The molecule has 0 aromatic rings. The summed E-state index contributed by atoms with van der Waals surface area (Å²) in [6, 6.07) is 0. The van der Waals surface area contributed by atoms with Crippen molar-refractivity contribution in [1.29, 1.82) is 0 Å². The summed E-state index contributed by atoms with van der Waals surface area (Å²) in [5, 5.41) is 0. The third-order valence-electron chi connectivity index (χ3n) is 3.38. The van der Waals surface area contributed by atoms with E-state index in [1.807, 2.05) is 6.92 Å². The molecule has 0 atom stereocenters. The SMILES string of the molecule is CCC=CCC=CCC=CCC=CCC=CCCCC(=O)OCCC. The molecule has 0 unspecified atom stereocenters. The second kappa shape index (κ2) is 20.2. The van der Waals surface area contributed by atoms with Gasteiger partial charge < -0.3 is 4.74 Å². The third-order valence-corrected chi connectivity index (χ3v) is 3.38. The Labute approximate surface area is 155 Å². The molecule has 0 aliphatic heterocycles. The molecule has 0 rings (SSSR count). The minimum atomic E-state index is -0.0748. The number of allylic oxidation sites excluding steroid dienone is 10. The van der Waals surface area contributed by atoms with E-state index in [0.717, 1.165) is 51.4 Å². The summed E-state index contributed by atoms with van der Waals surface area (Å²) in [4.78, 5) is 11.3. The number of carbonyl (C=O) groups is 1. The average molecular weight is 345 g/mol. The fraction of sp³-hybridized carbons (Fsp3) is 0.522. The van der Waals surface area contributed by atoms with Crippen LogP contribution in [0.5, 0.6) is 0 Å². The quantitative estimate of drug-likeness (QED) is 0.184. The Balaban J connectivity index is 3.49. The molecule has 0 heterocycles. The Bertz CT molecular complexity index is 439. The lowest BCUT2D eigenvalue weighted by Gasteiger charge is -2.00. The van der Waals surface area contributed by atoms with Gasteiger partial charge in [0.05, 0.1) is 6.61 Å². The van der Waals surface area contributed by atoms with Crippen LogP contribution in [0.3, 0.4) is 0 Å². The molecule has 0 saturated carbocycles. The van der Waals surface area contributed by atoms with Gasteiger partial charge in [0.15, 0.2) is 0 Å². The third kappa shape index (κ3) is 20.1. The minimum Gasteiger partial charge on any atom is -0.466 e. The fourth-order valence-electron chi connectivity index (χ4n) is 2.02. The first-order valence-corrected chi connectivity index (χ1v) is 9.71. The molecular formula is C23H36O2. The Morgan fingerprint density at radius 2 is 1.20 bits per heavy atom. The van der Waals surface area contributed by atoms with Crippen molar-refractivity contribution >= 4 is 5.97 Å². The molecule has 0 amide bonds. The van der Waals surface area contributed by atoms with Gasteiger partial charge in [0.2, 0.25) is 0 Å². The Kier molecular flexibility index (Phi) is 18.7. The van der Waals surface area contributed by atoms with Crippen molar-refractivity contribution in [1.82, 2.24) is 0 Å². The zero-order chi connectivity index (χ0) is 18.4. The highest BCUT2D eigenvalue weighted by Crippen LogP contribution is 2.01. The molecule has 0 saturated heterocycles. The molecule has 2 heteroatoms. The van der Waals surface area contributed by atoms with E-state index in [-0.39, 0.29) is 5.97 Å². The van der Waals surface area contributed by atoms with E-state index in [4.69, 9.17) is 4.74 Å². The molecule has 0 aliphatic carbocycles. The number of hydrogen-bond acceptors (Lipinski definition) is 2. The van der Waals surface area contributed by atoms with Gasteiger partial charge in [-0.3, -0.25) is 4.79 Å². The molecule has 2 nitrogen and oxygen atoms in total. The normalized spacial score (nSPS) is 12.6. The van der Waals surface area contributed by atoms with Crippen molar-refractivity contribution in [3.8, 4) is 0 Å². The van der Waals surface area contributed by atoms with Crippen LogP contribution < -0.4 is 0 Å². The highest BCUT2D eigenvalue weighted by Gasteiger charge is 1.99. The first-order chi connectivity index (χ1) is 12.3. The van der Waals surface area contributed by atoms with Gasteiger partial charge in [-0.05, 0) is 51.4 Å². The molecule has 0 aromatic carbocycles. The van der Waals surface area contributed by atoms with E-state index in [0.29, 0.717) is 13.0 Å². The standard InChI is InChI=1S/C23H36O2/c1-3-5-6-7-8-9-10-11-12-13-14-15-16-17-18-19-20-21-23(24)25-22-4-2/h5-6,8-9,11-12,14-15,17-18H,3-4,7,10,13,16,19-22H2,1-2H3. The van der Waals surface area contributed by atoms with Crippen LogP contribution in [0.1, 0.15) is 71.6 Å². The van der Waals surface area contributed by atoms with Crippen LogP contribution >= 0.6 is 0 Å². The van der Waals surface area contributed by atoms with Crippen LogP contribution in [0.15, 0.2) is 60.8 Å². The van der Waals surface area contributed by atoms with E-state index >= 15 is 0 Å². The first kappa shape index (κ1) is 23.2. The van der Waals surface area contributed by atoms with Gasteiger partial charge in [-0.1, -0.05) is 74.6 Å². The summed E-state index contributed by atoms with van der Waals surface area (Å²) in [6.45, 7) is 4.70. The van der Waals surface area contributed by atoms with Crippen molar-refractivity contribution in [2.24, 2.45) is 0 Å². The monoisotopic (exact) mass is 344 g/mol. The second-order valence-electron chi connectivity index (χ2n) is 5.82. The minimum absolute atomic E-state index is 0.0748. The smallest absolute Gasteiger partial charge is 0.305 e. The van der Waals surface area contributed by atoms with Crippen LogP contribution in [0, 0.1) is 0 Å². The lowest BCUT2D eigenvalue weighted by molar-refractivity contribution is -0.143. The molecular weight excluding hydrogens is 308 g/mol. The topological polar surface area (TPSA) is 26.3 Å². The number of ether oxygens (including phenoxy) is 1. The molecule has 25 heavy (non-hydrogen) atoms. The number of carbonyl (C=O) groups excluding carboxylic acids is 1. The zero-order valence-corrected chi connectivity index (χ0v) is 16.2. The molecule has 0 N–H and O–H groups in total. The Hall–Kier alpha value is -1.83. The number of esters is 1. The number of hydrogen-bond donors (Lipinski definition) is 0. The largest absolute Gasteiger partial charge is 0.466 e. The van der Waals surface area contributed by atoms with Crippen molar-refractivity contribution < 1.29 is 9.53 Å². The molecule has 0 aliphatic rings. The van der Waals surface area contributed by atoms with Crippen molar-refractivity contribution in [2.45, 2.75) is 71.6 Å². The molecule has 0 bridgehead atoms. The molecule has 0 radical (unpaired) electrons. The molecule has 140 valence electrons. The first-order valence-electron chi connectivity index (χ1n) is 9.71. The van der Waals surface area contributed by atoms with Gasteiger partial charge in [-0.2, -0.15) is 0 Å². The predicted molar refractivity (Wildman–Crippen MR) is 110 cm³/mol. The van der Waals surface area contributed by atoms with Crippen LogP contribution in [0.4, 0.5) is 0 Å². The molecule has 0 aromatic heterocycles. The summed E-state index contributed by atoms with van der Waals surface area (Å²) >= 11 is 0. The van der Waals surface area contributed by atoms with E-state index in [9.17, 15) is 4.79 Å². The maximum atomic E-state index is 11.3. The van der Waals surface area contributed by atoms with E-state index in [1.54, 1.807) is 0 Å². The summed E-state index contributed by atoms with van der Waals surface area (Å²) < 4.78 is 5.03. The van der Waals surface area contributed by atoms with Crippen LogP contribution in [0.25, 0.3) is 0 Å². The zero-order valence-electron chi connectivity index (χ0n) is 16.2. The van der Waals surface area contributed by atoms with E-state index in [2.05, 4.69) is 67.7 Å². The lowest BCUT2D eigenvalue weighted by Crippen LogP contribution is -2.04. The van der Waals surface area contributed by atoms with Crippen molar-refractivity contribution in [3.05, 3.63) is 60.8 Å². The van der Waals surface area contributed by atoms with Crippen molar-refractivity contribution in [2.75, 3.05) is 6.61 Å². The van der Waals surface area contributed by atoms with Gasteiger partial charge in [0, 0.05) is 6.42 Å². The van der Waals surface area contributed by atoms with Crippen LogP contribution in [-0.2, 0) is 9.53 Å². The maximum Gasteiger partial charge on any atom is 0.305 e. The summed E-state index contributed by atoms with van der Waals surface area (Å²) in [5.41, 5.74) is 0. The maximum absolute atomic E-state index is 11.3. The number of rotatable bonds is 15. The van der Waals surface area contributed by atoms with Crippen molar-refractivity contribution in [3.63, 3.8) is 0 Å². The Morgan fingerprint density at radius 1 is 0.720 bits per heavy atom. The van der Waals surface area contributed by atoms with E-state index in [1.165, 1.54) is 0 Å². The summed E-state index contributed by atoms with van der Waals surface area (Å²) in [6.07, 6.45) is 30.2. The lowest BCUT2D eigenvalue weighted by atomic mass is 10.2. The van der Waals surface area contributed by atoms with Gasteiger partial charge in [-0.15, -0.1) is 0 Å². The van der Waals surface area contributed by atoms with Crippen LogP contribution in [-0.4, -0.2) is 12.6 Å². The second-order valence-corrected chi connectivity index (χ2v) is 5.82. The van der Waals surface area contributed by atoms with E-state index < -0.39 is 0 Å². The molecule has 0 spiro atoms. The van der Waals surface area contributed by atoms with Gasteiger partial charge in [0.25, 0.3) is 0 Å². The predicted octanol–water partition coefficient (Wildman–Crippen LogP) is 6.86.